The minimum absolute atomic E-state index is 0.0255. The van der Waals surface area contributed by atoms with Crippen LogP contribution in [0.15, 0.2) is 12.1 Å². The third kappa shape index (κ3) is 2.61. The Kier molecular flexibility index (Phi) is 3.36. The molecule has 1 aromatic rings. The van der Waals surface area contributed by atoms with Gasteiger partial charge in [-0.25, -0.2) is 4.98 Å². The molecule has 1 aromatic heterocycles. The van der Waals surface area contributed by atoms with Crippen molar-refractivity contribution in [2.45, 2.75) is 25.3 Å². The van der Waals surface area contributed by atoms with Gasteiger partial charge in [-0.2, -0.15) is 0 Å². The molecule has 21 heavy (non-hydrogen) atoms. The number of nitrogens with zero attached hydrogens (tertiary/aromatic N) is 3. The van der Waals surface area contributed by atoms with Gasteiger partial charge in [-0.05, 0) is 24.8 Å². The second kappa shape index (κ2) is 5.19. The van der Waals surface area contributed by atoms with Crippen LogP contribution in [0, 0.1) is 16.0 Å². The van der Waals surface area contributed by atoms with E-state index in [4.69, 9.17) is 5.73 Å². The van der Waals surface area contributed by atoms with Crippen LogP contribution in [-0.4, -0.2) is 34.9 Å². The zero-order chi connectivity index (χ0) is 15.0. The zero-order valence-corrected chi connectivity index (χ0v) is 11.5. The molecule has 8 nitrogen and oxygen atoms in total. The topological polar surface area (TPSA) is 114 Å². The molecule has 3 N–H and O–H groups in total. The van der Waals surface area contributed by atoms with E-state index < -0.39 is 4.92 Å². The van der Waals surface area contributed by atoms with E-state index in [0.29, 0.717) is 31.2 Å². The van der Waals surface area contributed by atoms with E-state index >= 15 is 0 Å². The molecular formula is C13H17N5O3. The fraction of sp³-hybridized carbons (Fsp3) is 0.538. The molecule has 8 heteroatoms. The molecule has 2 fully saturated rings. The van der Waals surface area contributed by atoms with E-state index in [2.05, 4.69) is 10.3 Å². The number of nitrogens with one attached hydrogen (secondary N) is 1. The summed E-state index contributed by atoms with van der Waals surface area (Å²) in [5.41, 5.74) is 5.64. The van der Waals surface area contributed by atoms with Crippen LogP contribution in [0.1, 0.15) is 19.3 Å². The molecule has 0 bridgehead atoms. The first-order valence-corrected chi connectivity index (χ1v) is 7.00. The third-order valence-electron chi connectivity index (χ3n) is 4.19. The number of rotatable bonds is 2. The maximum Gasteiger partial charge on any atom is 0.311 e. The Morgan fingerprint density at radius 1 is 1.43 bits per heavy atom. The Labute approximate surface area is 121 Å². The van der Waals surface area contributed by atoms with Gasteiger partial charge in [-0.3, -0.25) is 14.9 Å². The average Bonchev–Trinajstić information content (AvgIpc) is 2.46. The van der Waals surface area contributed by atoms with Crippen molar-refractivity contribution >= 4 is 23.2 Å². The Morgan fingerprint density at radius 3 is 3.00 bits per heavy atom. The molecular weight excluding hydrogens is 274 g/mol. The van der Waals surface area contributed by atoms with Crippen molar-refractivity contribution in [2.75, 3.05) is 23.7 Å². The Bertz CT molecular complexity index is 591. The Morgan fingerprint density at radius 2 is 2.24 bits per heavy atom. The van der Waals surface area contributed by atoms with Gasteiger partial charge in [0.1, 0.15) is 5.82 Å². The maximum atomic E-state index is 11.4. The highest BCUT2D eigenvalue weighted by atomic mass is 16.6. The van der Waals surface area contributed by atoms with Gasteiger partial charge < -0.3 is 16.0 Å². The van der Waals surface area contributed by atoms with Crippen molar-refractivity contribution in [1.29, 1.82) is 0 Å². The molecule has 3 heterocycles. The molecule has 0 aliphatic carbocycles. The van der Waals surface area contributed by atoms with Crippen LogP contribution in [-0.2, 0) is 4.79 Å². The number of nitrogen functional groups attached to an aromatic ring is 1. The van der Waals surface area contributed by atoms with E-state index in [1.54, 1.807) is 0 Å². The number of amides is 1. The highest BCUT2D eigenvalue weighted by Gasteiger charge is 2.36. The number of fused-ring (bicyclic) bond motifs is 1. The molecule has 2 atom stereocenters. The first-order valence-electron chi connectivity index (χ1n) is 7.00. The largest absolute Gasteiger partial charge is 0.384 e. The first-order chi connectivity index (χ1) is 10.0. The van der Waals surface area contributed by atoms with Gasteiger partial charge >= 0.3 is 5.69 Å². The summed E-state index contributed by atoms with van der Waals surface area (Å²) in [6.45, 7) is 1.28. The summed E-state index contributed by atoms with van der Waals surface area (Å²) in [5.74, 6) is 1.00. The highest BCUT2D eigenvalue weighted by molar-refractivity contribution is 5.77. The summed E-state index contributed by atoms with van der Waals surface area (Å²) in [6.07, 6.45) is 2.09. The van der Waals surface area contributed by atoms with Gasteiger partial charge in [0.05, 0.1) is 4.92 Å². The maximum absolute atomic E-state index is 11.4. The number of piperidine rings is 2. The Balaban J connectivity index is 1.84. The number of aromatic nitrogens is 1. The minimum Gasteiger partial charge on any atom is -0.384 e. The monoisotopic (exact) mass is 291 g/mol. The van der Waals surface area contributed by atoms with Crippen molar-refractivity contribution in [1.82, 2.24) is 10.3 Å². The molecule has 2 saturated heterocycles. The van der Waals surface area contributed by atoms with Crippen molar-refractivity contribution in [2.24, 2.45) is 5.92 Å². The van der Waals surface area contributed by atoms with E-state index in [9.17, 15) is 14.9 Å². The molecule has 2 aliphatic heterocycles. The Hall–Kier alpha value is -2.38. The summed E-state index contributed by atoms with van der Waals surface area (Å²) in [6, 6.07) is 3.00. The lowest BCUT2D eigenvalue weighted by Gasteiger charge is -2.41. The summed E-state index contributed by atoms with van der Waals surface area (Å²) in [4.78, 5) is 28.2. The molecule has 1 amide bonds. The number of nitrogens with two attached hydrogens (primary N) is 1. The molecule has 112 valence electrons. The minimum atomic E-state index is -0.434. The van der Waals surface area contributed by atoms with Crippen LogP contribution in [0.25, 0.3) is 0 Å². The summed E-state index contributed by atoms with van der Waals surface area (Å²) < 4.78 is 0. The number of pyridine rings is 1. The molecule has 0 spiro atoms. The van der Waals surface area contributed by atoms with Crippen LogP contribution < -0.4 is 16.0 Å². The molecule has 0 saturated carbocycles. The number of carbonyl (C=O) groups is 1. The first kappa shape index (κ1) is 13.6. The quantitative estimate of drug-likeness (QED) is 0.611. The lowest BCUT2D eigenvalue weighted by Crippen LogP contribution is -2.54. The molecule has 3 rings (SSSR count). The van der Waals surface area contributed by atoms with E-state index in [1.165, 1.54) is 12.1 Å². The molecule has 0 radical (unpaired) electrons. The molecule has 2 unspecified atom stereocenters. The number of anilines is 2. The van der Waals surface area contributed by atoms with Gasteiger partial charge in [0.2, 0.25) is 11.7 Å². The fourth-order valence-electron chi connectivity index (χ4n) is 3.13. The molecule has 2 aliphatic rings. The second-order valence-electron chi connectivity index (χ2n) is 5.54. The standard InChI is InChI=1S/C13H17N5O3/c14-11-3-2-10(18(20)21)13(16-11)17-6-5-9-8(7-17)1-4-12(19)15-9/h2-3,8-9H,1,4-7H2,(H2,14,16)(H,15,19). The highest BCUT2D eigenvalue weighted by Crippen LogP contribution is 2.33. The SMILES string of the molecule is Nc1ccc([N+](=O)[O-])c(N2CCC3NC(=O)CCC3C2)n1. The fourth-order valence-corrected chi connectivity index (χ4v) is 3.13. The molecule has 0 aromatic carbocycles. The van der Waals surface area contributed by atoms with Crippen LogP contribution in [0.5, 0.6) is 0 Å². The number of carbonyl (C=O) groups excluding carboxylic acids is 1. The summed E-state index contributed by atoms with van der Waals surface area (Å²) >= 11 is 0. The van der Waals surface area contributed by atoms with Crippen molar-refractivity contribution in [3.63, 3.8) is 0 Å². The van der Waals surface area contributed by atoms with Crippen molar-refractivity contribution in [3.8, 4) is 0 Å². The van der Waals surface area contributed by atoms with Gasteiger partial charge in [0.15, 0.2) is 0 Å². The average molecular weight is 291 g/mol. The lowest BCUT2D eigenvalue weighted by molar-refractivity contribution is -0.384. The predicted octanol–water partition coefficient (Wildman–Crippen LogP) is 0.677. The number of hydrogen-bond acceptors (Lipinski definition) is 6. The lowest BCUT2D eigenvalue weighted by atomic mass is 9.85. The van der Waals surface area contributed by atoms with Gasteiger partial charge in [-0.1, -0.05) is 0 Å². The van der Waals surface area contributed by atoms with Crippen LogP contribution in [0.2, 0.25) is 0 Å². The number of hydrogen-bond donors (Lipinski definition) is 2. The second-order valence-corrected chi connectivity index (χ2v) is 5.54. The van der Waals surface area contributed by atoms with Crippen molar-refractivity contribution in [3.05, 3.63) is 22.2 Å². The number of nitro groups is 1. The van der Waals surface area contributed by atoms with Crippen LogP contribution >= 0.6 is 0 Å². The smallest absolute Gasteiger partial charge is 0.311 e. The third-order valence-corrected chi connectivity index (χ3v) is 4.19. The predicted molar refractivity (Wildman–Crippen MR) is 76.8 cm³/mol. The zero-order valence-electron chi connectivity index (χ0n) is 11.5. The van der Waals surface area contributed by atoms with Gasteiger partial charge in [-0.15, -0.1) is 0 Å². The van der Waals surface area contributed by atoms with Gasteiger partial charge in [0.25, 0.3) is 0 Å². The van der Waals surface area contributed by atoms with Crippen molar-refractivity contribution < 1.29 is 9.72 Å². The van der Waals surface area contributed by atoms with Crippen LogP contribution in [0.3, 0.4) is 0 Å². The van der Waals surface area contributed by atoms with E-state index in [1.807, 2.05) is 4.90 Å². The van der Waals surface area contributed by atoms with E-state index in [-0.39, 0.29) is 23.5 Å². The summed E-state index contributed by atoms with van der Waals surface area (Å²) in [7, 11) is 0. The van der Waals surface area contributed by atoms with Crippen LogP contribution in [0.4, 0.5) is 17.3 Å². The van der Waals surface area contributed by atoms with E-state index in [0.717, 1.165) is 12.8 Å². The normalized spacial score (nSPS) is 25.1. The van der Waals surface area contributed by atoms with Gasteiger partial charge in [0, 0.05) is 31.6 Å². The summed E-state index contributed by atoms with van der Waals surface area (Å²) in [5, 5.41) is 14.1.